The number of ketones is 1. The van der Waals surface area contributed by atoms with E-state index in [9.17, 15) is 4.79 Å². The molecule has 14 heavy (non-hydrogen) atoms. The van der Waals surface area contributed by atoms with Gasteiger partial charge in [0.15, 0.2) is 0 Å². The Morgan fingerprint density at radius 2 is 2.21 bits per heavy atom. The number of fused-ring (bicyclic) bond motifs is 1. The first-order valence-electron chi connectivity index (χ1n) is 4.63. The van der Waals surface area contributed by atoms with E-state index in [4.69, 9.17) is 0 Å². The summed E-state index contributed by atoms with van der Waals surface area (Å²) in [4.78, 5) is 11.1. The van der Waals surface area contributed by atoms with Gasteiger partial charge in [-0.15, -0.1) is 11.3 Å². The van der Waals surface area contributed by atoms with Crippen molar-refractivity contribution in [1.29, 1.82) is 0 Å². The minimum Gasteiger partial charge on any atom is -0.300 e. The molecule has 0 unspecified atom stereocenters. The van der Waals surface area contributed by atoms with Gasteiger partial charge in [-0.25, -0.2) is 0 Å². The lowest BCUT2D eigenvalue weighted by Gasteiger charge is -2.01. The fourth-order valence-electron chi connectivity index (χ4n) is 1.75. The minimum atomic E-state index is 0.225. The fourth-order valence-corrected chi connectivity index (χ4v) is 2.74. The van der Waals surface area contributed by atoms with E-state index < -0.39 is 0 Å². The molecule has 1 heterocycles. The monoisotopic (exact) mass is 204 g/mol. The van der Waals surface area contributed by atoms with Gasteiger partial charge in [0.1, 0.15) is 5.78 Å². The van der Waals surface area contributed by atoms with E-state index in [1.807, 2.05) is 12.1 Å². The van der Waals surface area contributed by atoms with Crippen molar-refractivity contribution >= 4 is 27.2 Å². The highest BCUT2D eigenvalue weighted by molar-refractivity contribution is 7.17. The zero-order valence-electron chi connectivity index (χ0n) is 8.33. The molecule has 0 saturated carbocycles. The summed E-state index contributed by atoms with van der Waals surface area (Å²) in [6.07, 6.45) is 0.551. The van der Waals surface area contributed by atoms with Crippen LogP contribution in [0.5, 0.6) is 0 Å². The molecule has 72 valence electrons. The third kappa shape index (κ3) is 1.58. The van der Waals surface area contributed by atoms with E-state index in [0.717, 1.165) is 5.56 Å². The number of thiophene rings is 1. The van der Waals surface area contributed by atoms with Crippen LogP contribution in [0.3, 0.4) is 0 Å². The highest BCUT2D eigenvalue weighted by atomic mass is 32.1. The summed E-state index contributed by atoms with van der Waals surface area (Å²) in [5.41, 5.74) is 2.44. The molecule has 0 aliphatic carbocycles. The average Bonchev–Trinajstić information content (AvgIpc) is 2.48. The van der Waals surface area contributed by atoms with E-state index in [1.165, 1.54) is 15.6 Å². The Bertz CT molecular complexity index is 482. The Hall–Kier alpha value is -1.15. The molecule has 0 bridgehead atoms. The van der Waals surface area contributed by atoms with Crippen molar-refractivity contribution < 1.29 is 4.79 Å². The maximum absolute atomic E-state index is 11.1. The van der Waals surface area contributed by atoms with Crippen molar-refractivity contribution in [2.75, 3.05) is 0 Å². The summed E-state index contributed by atoms with van der Waals surface area (Å²) >= 11 is 1.74. The number of benzene rings is 1. The van der Waals surface area contributed by atoms with E-state index in [-0.39, 0.29) is 5.78 Å². The Labute approximate surface area is 87.4 Å². The first-order chi connectivity index (χ1) is 6.68. The predicted octanol–water partition coefficient (Wildman–Crippen LogP) is 3.34. The van der Waals surface area contributed by atoms with Gasteiger partial charge in [-0.05, 0) is 41.8 Å². The third-order valence-electron chi connectivity index (χ3n) is 2.31. The second-order valence-electron chi connectivity index (χ2n) is 3.59. The van der Waals surface area contributed by atoms with Crippen LogP contribution in [-0.4, -0.2) is 5.78 Å². The number of carbonyl (C=O) groups is 1. The van der Waals surface area contributed by atoms with Crippen molar-refractivity contribution in [3.8, 4) is 0 Å². The second kappa shape index (κ2) is 3.54. The third-order valence-corrected chi connectivity index (χ3v) is 3.37. The number of hydrogen-bond acceptors (Lipinski definition) is 2. The lowest BCUT2D eigenvalue weighted by molar-refractivity contribution is -0.116. The highest BCUT2D eigenvalue weighted by Crippen LogP contribution is 2.28. The first kappa shape index (κ1) is 9.41. The molecule has 0 spiro atoms. The van der Waals surface area contributed by atoms with Crippen molar-refractivity contribution in [2.45, 2.75) is 20.3 Å². The van der Waals surface area contributed by atoms with Gasteiger partial charge in [-0.2, -0.15) is 0 Å². The van der Waals surface area contributed by atoms with Crippen LogP contribution in [-0.2, 0) is 11.2 Å². The summed E-state index contributed by atoms with van der Waals surface area (Å²) in [7, 11) is 0. The topological polar surface area (TPSA) is 17.1 Å². The molecule has 0 N–H and O–H groups in total. The lowest BCUT2D eigenvalue weighted by Crippen LogP contribution is -1.96. The summed E-state index contributed by atoms with van der Waals surface area (Å²) < 4.78 is 1.28. The SMILES string of the molecule is CC(=O)Cc1cccc2scc(C)c12. The van der Waals surface area contributed by atoms with Gasteiger partial charge < -0.3 is 0 Å². The molecule has 2 heteroatoms. The van der Waals surface area contributed by atoms with Gasteiger partial charge in [0.25, 0.3) is 0 Å². The van der Waals surface area contributed by atoms with Gasteiger partial charge >= 0.3 is 0 Å². The molecule has 0 amide bonds. The molecule has 1 nitrogen and oxygen atoms in total. The molecule has 0 atom stereocenters. The summed E-state index contributed by atoms with van der Waals surface area (Å²) in [6.45, 7) is 3.74. The average molecular weight is 204 g/mol. The van der Waals surface area contributed by atoms with Crippen molar-refractivity contribution in [1.82, 2.24) is 0 Å². The normalized spacial score (nSPS) is 10.7. The smallest absolute Gasteiger partial charge is 0.134 e. The Balaban J connectivity index is 2.63. The maximum atomic E-state index is 11.1. The number of Topliss-reactive ketones (excluding diaryl/α,β-unsaturated/α-hetero) is 1. The number of aryl methyl sites for hydroxylation is 1. The van der Waals surface area contributed by atoms with Gasteiger partial charge in [-0.3, -0.25) is 4.79 Å². The molecule has 0 fully saturated rings. The molecule has 0 radical (unpaired) electrons. The minimum absolute atomic E-state index is 0.225. The highest BCUT2D eigenvalue weighted by Gasteiger charge is 2.06. The van der Waals surface area contributed by atoms with Crippen molar-refractivity contribution in [2.24, 2.45) is 0 Å². The number of rotatable bonds is 2. The van der Waals surface area contributed by atoms with Crippen molar-refractivity contribution in [3.05, 3.63) is 34.7 Å². The molecule has 2 rings (SSSR count). The lowest BCUT2D eigenvalue weighted by atomic mass is 10.0. The van der Waals surface area contributed by atoms with Crippen LogP contribution >= 0.6 is 11.3 Å². The summed E-state index contributed by atoms with van der Waals surface area (Å²) in [6, 6.07) is 6.18. The molecule has 0 aliphatic rings. The number of hydrogen-bond donors (Lipinski definition) is 0. The predicted molar refractivity (Wildman–Crippen MR) is 60.9 cm³/mol. The van der Waals surface area contributed by atoms with Crippen LogP contribution in [0.15, 0.2) is 23.6 Å². The standard InChI is InChI=1S/C12H12OS/c1-8-7-14-11-5-3-4-10(12(8)11)6-9(2)13/h3-5,7H,6H2,1-2H3. The molecule has 2 aromatic rings. The molecule has 0 aliphatic heterocycles. The first-order valence-corrected chi connectivity index (χ1v) is 5.51. The fraction of sp³-hybridized carbons (Fsp3) is 0.250. The van der Waals surface area contributed by atoms with Crippen molar-refractivity contribution in [3.63, 3.8) is 0 Å². The van der Waals surface area contributed by atoms with Crippen LogP contribution < -0.4 is 0 Å². The largest absolute Gasteiger partial charge is 0.300 e. The summed E-state index contributed by atoms with van der Waals surface area (Å²) in [5, 5.41) is 3.42. The van der Waals surface area contributed by atoms with Gasteiger partial charge in [0.2, 0.25) is 0 Å². The van der Waals surface area contributed by atoms with Crippen LogP contribution in [0.25, 0.3) is 10.1 Å². The quantitative estimate of drug-likeness (QED) is 0.733. The maximum Gasteiger partial charge on any atom is 0.134 e. The Morgan fingerprint density at radius 3 is 2.93 bits per heavy atom. The van der Waals surface area contributed by atoms with E-state index in [1.54, 1.807) is 18.3 Å². The Kier molecular flexibility index (Phi) is 2.38. The van der Waals surface area contributed by atoms with Gasteiger partial charge in [0, 0.05) is 11.1 Å². The molecule has 1 aromatic carbocycles. The molecule has 1 aromatic heterocycles. The van der Waals surface area contributed by atoms with Crippen LogP contribution in [0.2, 0.25) is 0 Å². The molecular formula is C12H12OS. The molecular weight excluding hydrogens is 192 g/mol. The van der Waals surface area contributed by atoms with E-state index in [2.05, 4.69) is 18.4 Å². The van der Waals surface area contributed by atoms with Gasteiger partial charge in [-0.1, -0.05) is 12.1 Å². The van der Waals surface area contributed by atoms with Gasteiger partial charge in [0.05, 0.1) is 0 Å². The number of carbonyl (C=O) groups excluding carboxylic acids is 1. The summed E-state index contributed by atoms with van der Waals surface area (Å²) in [5.74, 6) is 0.225. The van der Waals surface area contributed by atoms with E-state index in [0.29, 0.717) is 6.42 Å². The Morgan fingerprint density at radius 1 is 1.43 bits per heavy atom. The molecule has 0 saturated heterocycles. The second-order valence-corrected chi connectivity index (χ2v) is 4.50. The van der Waals surface area contributed by atoms with E-state index >= 15 is 0 Å². The van der Waals surface area contributed by atoms with Crippen LogP contribution in [0.4, 0.5) is 0 Å². The van der Waals surface area contributed by atoms with Crippen LogP contribution in [0.1, 0.15) is 18.1 Å². The van der Waals surface area contributed by atoms with Crippen LogP contribution in [0, 0.1) is 6.92 Å². The zero-order chi connectivity index (χ0) is 10.1. The zero-order valence-corrected chi connectivity index (χ0v) is 9.15.